The Bertz CT molecular complexity index is 454. The van der Waals surface area contributed by atoms with E-state index in [9.17, 15) is 0 Å². The van der Waals surface area contributed by atoms with Gasteiger partial charge in [0.1, 0.15) is 0 Å². The number of nitrogens with zero attached hydrogens (tertiary/aromatic N) is 1. The van der Waals surface area contributed by atoms with Gasteiger partial charge in [0.05, 0.1) is 15.2 Å². The molecule has 1 fully saturated rings. The molecular weight excluding hydrogens is 178 g/mol. The van der Waals surface area contributed by atoms with Gasteiger partial charge in [-0.05, 0) is 43.4 Å². The van der Waals surface area contributed by atoms with E-state index >= 15 is 0 Å². The summed E-state index contributed by atoms with van der Waals surface area (Å²) in [4.78, 5) is 4.50. The van der Waals surface area contributed by atoms with Crippen molar-refractivity contribution in [1.29, 1.82) is 0 Å². The van der Waals surface area contributed by atoms with Gasteiger partial charge >= 0.3 is 0 Å². The molecule has 0 radical (unpaired) electrons. The lowest BCUT2D eigenvalue weighted by Gasteiger charge is -1.95. The van der Waals surface area contributed by atoms with E-state index in [2.05, 4.69) is 30.1 Å². The molecule has 0 amide bonds. The molecule has 0 aliphatic heterocycles. The molecule has 2 aromatic rings. The number of hydrogen-bond acceptors (Lipinski definition) is 2. The Morgan fingerprint density at radius 1 is 1.38 bits per heavy atom. The van der Waals surface area contributed by atoms with Crippen molar-refractivity contribution in [3.63, 3.8) is 0 Å². The number of rotatable bonds is 1. The lowest BCUT2D eigenvalue weighted by atomic mass is 10.1. The second kappa shape index (κ2) is 2.55. The Hall–Kier alpha value is -0.890. The maximum Gasteiger partial charge on any atom is 0.0907 e. The second-order valence-corrected chi connectivity index (χ2v) is 4.97. The normalized spacial score (nSPS) is 16.7. The van der Waals surface area contributed by atoms with Gasteiger partial charge in [0.15, 0.2) is 0 Å². The van der Waals surface area contributed by atoms with E-state index in [1.54, 1.807) is 11.3 Å². The number of fused-ring (bicyclic) bond motifs is 1. The van der Waals surface area contributed by atoms with Crippen LogP contribution in [0.4, 0.5) is 0 Å². The molecule has 1 nitrogen and oxygen atoms in total. The van der Waals surface area contributed by atoms with E-state index in [-0.39, 0.29) is 0 Å². The van der Waals surface area contributed by atoms with Crippen molar-refractivity contribution in [3.8, 4) is 0 Å². The van der Waals surface area contributed by atoms with Crippen molar-refractivity contribution in [3.05, 3.63) is 28.8 Å². The molecule has 13 heavy (non-hydrogen) atoms. The van der Waals surface area contributed by atoms with Crippen LogP contribution in [0.15, 0.2) is 18.2 Å². The summed E-state index contributed by atoms with van der Waals surface area (Å²) in [6.45, 7) is 2.07. The molecule has 3 rings (SSSR count). The standard InChI is InChI=1S/C11H11NS/c1-7-12-10-6-9(8-2-3-8)4-5-11(10)13-7/h4-6,8H,2-3H2,1H3. The van der Waals surface area contributed by atoms with Crippen molar-refractivity contribution < 1.29 is 0 Å². The topological polar surface area (TPSA) is 12.9 Å². The fourth-order valence-electron chi connectivity index (χ4n) is 1.73. The maximum atomic E-state index is 4.50. The predicted molar refractivity (Wildman–Crippen MR) is 56.3 cm³/mol. The number of hydrogen-bond donors (Lipinski definition) is 0. The minimum atomic E-state index is 0.839. The quantitative estimate of drug-likeness (QED) is 0.669. The van der Waals surface area contributed by atoms with Gasteiger partial charge in [0.2, 0.25) is 0 Å². The Labute approximate surface area is 81.4 Å². The number of benzene rings is 1. The van der Waals surface area contributed by atoms with Gasteiger partial charge in [-0.25, -0.2) is 4.98 Å². The highest BCUT2D eigenvalue weighted by Gasteiger charge is 2.23. The van der Waals surface area contributed by atoms with Crippen molar-refractivity contribution in [2.75, 3.05) is 0 Å². The molecule has 1 aromatic carbocycles. The maximum absolute atomic E-state index is 4.50. The van der Waals surface area contributed by atoms with E-state index in [0.29, 0.717) is 0 Å². The zero-order chi connectivity index (χ0) is 8.84. The zero-order valence-corrected chi connectivity index (χ0v) is 8.40. The van der Waals surface area contributed by atoms with E-state index in [1.807, 2.05) is 0 Å². The van der Waals surface area contributed by atoms with Crippen molar-refractivity contribution in [1.82, 2.24) is 4.98 Å². The van der Waals surface area contributed by atoms with Crippen LogP contribution in [-0.2, 0) is 0 Å². The molecule has 0 unspecified atom stereocenters. The molecule has 1 heterocycles. The molecule has 2 heteroatoms. The van der Waals surface area contributed by atoms with Crippen LogP contribution < -0.4 is 0 Å². The highest BCUT2D eigenvalue weighted by molar-refractivity contribution is 7.18. The van der Waals surface area contributed by atoms with Crippen LogP contribution in [-0.4, -0.2) is 4.98 Å². The smallest absolute Gasteiger partial charge is 0.0907 e. The molecule has 1 saturated carbocycles. The van der Waals surface area contributed by atoms with Crippen LogP contribution in [0.5, 0.6) is 0 Å². The molecule has 0 bridgehead atoms. The fraction of sp³-hybridized carbons (Fsp3) is 0.364. The van der Waals surface area contributed by atoms with Crippen LogP contribution in [0.25, 0.3) is 10.2 Å². The van der Waals surface area contributed by atoms with Gasteiger partial charge in [0.25, 0.3) is 0 Å². The minimum Gasteiger partial charge on any atom is -0.242 e. The third-order valence-electron chi connectivity index (χ3n) is 2.57. The molecule has 1 aromatic heterocycles. The van der Waals surface area contributed by atoms with Gasteiger partial charge in [-0.15, -0.1) is 11.3 Å². The molecule has 1 aliphatic rings. The minimum absolute atomic E-state index is 0.839. The van der Waals surface area contributed by atoms with E-state index < -0.39 is 0 Å². The molecule has 0 N–H and O–H groups in total. The molecule has 0 spiro atoms. The molecule has 1 aliphatic carbocycles. The van der Waals surface area contributed by atoms with Crippen LogP contribution in [0.3, 0.4) is 0 Å². The van der Waals surface area contributed by atoms with Crippen LogP contribution in [0.2, 0.25) is 0 Å². The van der Waals surface area contributed by atoms with Crippen LogP contribution in [0, 0.1) is 6.92 Å². The Balaban J connectivity index is 2.20. The third-order valence-corrected chi connectivity index (χ3v) is 3.52. The first-order chi connectivity index (χ1) is 6.33. The summed E-state index contributed by atoms with van der Waals surface area (Å²) >= 11 is 1.78. The number of thiazole rings is 1. The fourth-order valence-corrected chi connectivity index (χ4v) is 2.54. The first-order valence-electron chi connectivity index (χ1n) is 4.70. The van der Waals surface area contributed by atoms with Crippen molar-refractivity contribution in [2.24, 2.45) is 0 Å². The predicted octanol–water partition coefficient (Wildman–Crippen LogP) is 3.48. The van der Waals surface area contributed by atoms with Gasteiger partial charge < -0.3 is 0 Å². The van der Waals surface area contributed by atoms with E-state index in [0.717, 1.165) is 5.92 Å². The first-order valence-corrected chi connectivity index (χ1v) is 5.52. The average Bonchev–Trinajstić information content (AvgIpc) is 2.87. The molecule has 66 valence electrons. The monoisotopic (exact) mass is 189 g/mol. The Morgan fingerprint density at radius 2 is 2.23 bits per heavy atom. The summed E-state index contributed by atoms with van der Waals surface area (Å²) < 4.78 is 1.32. The summed E-state index contributed by atoms with van der Waals surface area (Å²) in [5.41, 5.74) is 2.67. The number of aryl methyl sites for hydroxylation is 1. The lowest BCUT2D eigenvalue weighted by molar-refractivity contribution is 1.13. The molecule has 0 saturated heterocycles. The van der Waals surface area contributed by atoms with Gasteiger partial charge in [-0.3, -0.25) is 0 Å². The summed E-state index contributed by atoms with van der Waals surface area (Å²) in [6.07, 6.45) is 2.74. The second-order valence-electron chi connectivity index (χ2n) is 3.73. The highest BCUT2D eigenvalue weighted by atomic mass is 32.1. The third kappa shape index (κ3) is 1.25. The van der Waals surface area contributed by atoms with Gasteiger partial charge in [0, 0.05) is 0 Å². The zero-order valence-electron chi connectivity index (χ0n) is 7.58. The van der Waals surface area contributed by atoms with Gasteiger partial charge in [-0.2, -0.15) is 0 Å². The molecule has 0 atom stereocenters. The lowest BCUT2D eigenvalue weighted by Crippen LogP contribution is -1.77. The van der Waals surface area contributed by atoms with E-state index in [1.165, 1.54) is 33.6 Å². The summed E-state index contributed by atoms with van der Waals surface area (Å²) in [7, 11) is 0. The molecular formula is C11H11NS. The SMILES string of the molecule is Cc1nc2cc(C3CC3)ccc2s1. The first kappa shape index (κ1) is 7.51. The van der Waals surface area contributed by atoms with Crippen LogP contribution in [0.1, 0.15) is 29.3 Å². The highest BCUT2D eigenvalue weighted by Crippen LogP contribution is 2.41. The van der Waals surface area contributed by atoms with E-state index in [4.69, 9.17) is 0 Å². The Kier molecular flexibility index (Phi) is 1.47. The summed E-state index contributed by atoms with van der Waals surface area (Å²) in [5, 5.41) is 1.17. The number of aromatic nitrogens is 1. The summed E-state index contributed by atoms with van der Waals surface area (Å²) in [6, 6.07) is 6.74. The average molecular weight is 189 g/mol. The largest absolute Gasteiger partial charge is 0.242 e. The summed E-state index contributed by atoms with van der Waals surface area (Å²) in [5.74, 6) is 0.839. The van der Waals surface area contributed by atoms with Gasteiger partial charge in [-0.1, -0.05) is 6.07 Å². The Morgan fingerprint density at radius 3 is 3.00 bits per heavy atom. The van der Waals surface area contributed by atoms with Crippen LogP contribution >= 0.6 is 11.3 Å². The van der Waals surface area contributed by atoms with Crippen molar-refractivity contribution >= 4 is 21.6 Å². The van der Waals surface area contributed by atoms with Crippen molar-refractivity contribution in [2.45, 2.75) is 25.7 Å².